The van der Waals surface area contributed by atoms with Gasteiger partial charge in [-0.05, 0) is 25.3 Å². The van der Waals surface area contributed by atoms with E-state index >= 15 is 0 Å². The normalized spacial score (nSPS) is 17.5. The molecule has 1 aromatic carbocycles. The third-order valence-corrected chi connectivity index (χ3v) is 3.50. The quantitative estimate of drug-likeness (QED) is 0.380. The molecule has 0 aliphatic heterocycles. The third-order valence-electron chi connectivity index (χ3n) is 3.50. The van der Waals surface area contributed by atoms with Gasteiger partial charge >= 0.3 is 0 Å². The number of hydrogen-bond acceptors (Lipinski definition) is 3. The maximum Gasteiger partial charge on any atom is 0.248 e. The topological polar surface area (TPSA) is 63.1 Å². The zero-order valence-electron chi connectivity index (χ0n) is 12.2. The predicted molar refractivity (Wildman–Crippen MR) is 80.6 cm³/mol. The highest BCUT2D eigenvalue weighted by molar-refractivity contribution is 6.02. The van der Waals surface area contributed by atoms with Gasteiger partial charge in [0, 0.05) is 30.0 Å². The number of anilines is 1. The molecule has 1 aliphatic carbocycles. The minimum atomic E-state index is -2.57. The lowest BCUT2D eigenvalue weighted by Gasteiger charge is -2.33. The summed E-state index contributed by atoms with van der Waals surface area (Å²) in [7, 11) is 0. The number of hydrogen-bond donors (Lipinski definition) is 1. The van der Waals surface area contributed by atoms with Crippen LogP contribution in [-0.4, -0.2) is 31.5 Å². The second kappa shape index (κ2) is 6.64. The number of alkyl halides is 2. The second-order valence-corrected chi connectivity index (χ2v) is 5.29. The average Bonchev–Trinajstić information content (AvgIpc) is 2.44. The number of nitrogens with zero attached hydrogens (tertiary/aromatic N) is 2. The van der Waals surface area contributed by atoms with Crippen molar-refractivity contribution < 1.29 is 18.4 Å². The maximum absolute atomic E-state index is 12.7. The van der Waals surface area contributed by atoms with E-state index in [9.17, 15) is 13.6 Å². The van der Waals surface area contributed by atoms with Crippen molar-refractivity contribution in [3.05, 3.63) is 29.3 Å². The minimum absolute atomic E-state index is 0.125. The zero-order chi connectivity index (χ0) is 16.2. The van der Waals surface area contributed by atoms with Gasteiger partial charge < -0.3 is 10.2 Å². The summed E-state index contributed by atoms with van der Waals surface area (Å²) in [5.74, 6) is -2.51. The molecule has 1 aliphatic rings. The van der Waals surface area contributed by atoms with E-state index in [0.29, 0.717) is 17.7 Å². The number of aliphatic imine (C=N–C) groups is 1. The summed E-state index contributed by atoms with van der Waals surface area (Å²) < 4.78 is 25.4. The van der Waals surface area contributed by atoms with Crippen LogP contribution in [0.4, 0.5) is 14.5 Å². The molecule has 0 aromatic heterocycles. The predicted octanol–water partition coefficient (Wildman–Crippen LogP) is 2.99. The van der Waals surface area contributed by atoms with Crippen molar-refractivity contribution in [1.29, 1.82) is 0 Å². The van der Waals surface area contributed by atoms with E-state index in [1.165, 1.54) is 0 Å². The van der Waals surface area contributed by atoms with Crippen LogP contribution in [0.25, 0.3) is 0 Å². The molecule has 0 bridgehead atoms. The fourth-order valence-corrected chi connectivity index (χ4v) is 2.26. The average molecular weight is 309 g/mol. The maximum atomic E-state index is 12.7. The summed E-state index contributed by atoms with van der Waals surface area (Å²) in [5, 5.41) is 6.41. The number of carbonyl (C=O) groups excluding carboxylic acids is 1. The Morgan fingerprint density at radius 1 is 1.55 bits per heavy atom. The third kappa shape index (κ3) is 3.87. The van der Waals surface area contributed by atoms with Gasteiger partial charge in [0.2, 0.25) is 12.3 Å². The Morgan fingerprint density at radius 2 is 2.27 bits per heavy atom. The summed E-state index contributed by atoms with van der Waals surface area (Å²) in [6, 6.07) is 5.26. The van der Waals surface area contributed by atoms with Crippen molar-refractivity contribution in [3.63, 3.8) is 0 Å². The van der Waals surface area contributed by atoms with Gasteiger partial charge in [-0.3, -0.25) is 4.79 Å². The number of nitrogens with one attached hydrogen (secondary N) is 1. The van der Waals surface area contributed by atoms with Crippen LogP contribution in [0.2, 0.25) is 0 Å². The molecule has 1 N–H and O–H groups in total. The molecule has 0 saturated heterocycles. The van der Waals surface area contributed by atoms with Crippen molar-refractivity contribution in [2.24, 2.45) is 16.1 Å². The molecule has 0 spiro atoms. The lowest BCUT2D eigenvalue weighted by atomic mass is 9.82. The first kappa shape index (κ1) is 16.1. The molecular formula is C15H17F2N3O2. The van der Waals surface area contributed by atoms with Crippen molar-refractivity contribution in [3.8, 4) is 0 Å². The lowest BCUT2D eigenvalue weighted by Crippen LogP contribution is -2.37. The van der Waals surface area contributed by atoms with Gasteiger partial charge in [-0.1, -0.05) is 17.3 Å². The highest BCUT2D eigenvalue weighted by Gasteiger charge is 2.45. The molecule has 7 heteroatoms. The van der Waals surface area contributed by atoms with E-state index in [1.54, 1.807) is 18.2 Å². The lowest BCUT2D eigenvalue weighted by molar-refractivity contribution is -0.128. The first-order chi connectivity index (χ1) is 10.4. The molecule has 1 amide bonds. The number of halogens is 2. The van der Waals surface area contributed by atoms with Crippen molar-refractivity contribution in [2.75, 3.05) is 11.9 Å². The fraction of sp³-hybridized carbons (Fsp3) is 0.400. The molecule has 1 saturated carbocycles. The van der Waals surface area contributed by atoms with Gasteiger partial charge in [-0.2, -0.15) is 0 Å². The van der Waals surface area contributed by atoms with Crippen LogP contribution >= 0.6 is 0 Å². The SMILES string of the molecule is C=N/C(=N\OCC1CC(F)(F)C1)c1ccc(C)c(NC=O)c1. The van der Waals surface area contributed by atoms with Crippen LogP contribution in [0.3, 0.4) is 0 Å². The van der Waals surface area contributed by atoms with Crippen molar-refractivity contribution in [1.82, 2.24) is 0 Å². The van der Waals surface area contributed by atoms with Crippen LogP contribution in [-0.2, 0) is 9.63 Å². The Balaban J connectivity index is 2.01. The van der Waals surface area contributed by atoms with E-state index in [1.807, 2.05) is 6.92 Å². The molecule has 118 valence electrons. The van der Waals surface area contributed by atoms with Crippen LogP contribution in [0.5, 0.6) is 0 Å². The number of carbonyl (C=O) groups is 1. The molecule has 0 heterocycles. The number of benzene rings is 1. The Morgan fingerprint density at radius 3 is 2.86 bits per heavy atom. The molecule has 22 heavy (non-hydrogen) atoms. The second-order valence-electron chi connectivity index (χ2n) is 5.29. The summed E-state index contributed by atoms with van der Waals surface area (Å²) in [6.07, 6.45) is 0.242. The van der Waals surface area contributed by atoms with E-state index in [-0.39, 0.29) is 31.2 Å². The molecule has 0 radical (unpaired) electrons. The number of amides is 1. The van der Waals surface area contributed by atoms with Gasteiger partial charge in [-0.15, -0.1) is 0 Å². The van der Waals surface area contributed by atoms with Crippen LogP contribution < -0.4 is 5.32 Å². The molecule has 2 rings (SSSR count). The number of rotatable bonds is 6. The van der Waals surface area contributed by atoms with Gasteiger partial charge in [0.25, 0.3) is 0 Å². The van der Waals surface area contributed by atoms with E-state index in [0.717, 1.165) is 5.56 Å². The minimum Gasteiger partial charge on any atom is -0.394 e. The largest absolute Gasteiger partial charge is 0.394 e. The number of aryl methyl sites for hydroxylation is 1. The van der Waals surface area contributed by atoms with Crippen LogP contribution in [0.1, 0.15) is 24.0 Å². The summed E-state index contributed by atoms with van der Waals surface area (Å²) in [5.41, 5.74) is 2.13. The van der Waals surface area contributed by atoms with E-state index in [4.69, 9.17) is 4.84 Å². The molecule has 5 nitrogen and oxygen atoms in total. The Labute approximate surface area is 127 Å². The molecule has 1 aromatic rings. The molecule has 1 fully saturated rings. The fourth-order valence-electron chi connectivity index (χ4n) is 2.26. The highest BCUT2D eigenvalue weighted by Crippen LogP contribution is 2.42. The summed E-state index contributed by atoms with van der Waals surface area (Å²) in [6.45, 7) is 5.39. The standard InChI is InChI=1S/C15H17F2N3O2/c1-10-3-4-12(5-13(10)19-9-21)14(18-2)20-22-8-11-6-15(16,17)7-11/h3-5,9,11H,2,6-8H2,1H3,(H,19,21)/b20-14-. The monoisotopic (exact) mass is 309 g/mol. The molecule has 0 unspecified atom stereocenters. The van der Waals surface area contributed by atoms with Gasteiger partial charge in [0.1, 0.15) is 6.61 Å². The van der Waals surface area contributed by atoms with Gasteiger partial charge in [-0.25, -0.2) is 13.8 Å². The molecule has 0 atom stereocenters. The Bertz CT molecular complexity index is 594. The van der Waals surface area contributed by atoms with Gasteiger partial charge in [0.05, 0.1) is 0 Å². The van der Waals surface area contributed by atoms with E-state index < -0.39 is 5.92 Å². The first-order valence-electron chi connectivity index (χ1n) is 6.81. The number of amidine groups is 1. The first-order valence-corrected chi connectivity index (χ1v) is 6.81. The van der Waals surface area contributed by atoms with E-state index in [2.05, 4.69) is 22.2 Å². The Kier molecular flexibility index (Phi) is 4.85. The van der Waals surface area contributed by atoms with Crippen LogP contribution in [0, 0.1) is 12.8 Å². The highest BCUT2D eigenvalue weighted by atomic mass is 19.3. The van der Waals surface area contributed by atoms with Crippen molar-refractivity contribution in [2.45, 2.75) is 25.7 Å². The zero-order valence-corrected chi connectivity index (χ0v) is 12.2. The van der Waals surface area contributed by atoms with Crippen LogP contribution in [0.15, 0.2) is 28.3 Å². The molecular weight excluding hydrogens is 292 g/mol. The summed E-state index contributed by atoms with van der Waals surface area (Å²) in [4.78, 5) is 19.4. The van der Waals surface area contributed by atoms with Gasteiger partial charge in [0.15, 0.2) is 5.84 Å². The smallest absolute Gasteiger partial charge is 0.248 e. The Hall–Kier alpha value is -2.31. The van der Waals surface area contributed by atoms with Crippen molar-refractivity contribution >= 4 is 24.7 Å². The number of oxime groups is 1. The summed E-state index contributed by atoms with van der Waals surface area (Å²) >= 11 is 0.